The third-order valence-corrected chi connectivity index (χ3v) is 5.75. The molecule has 1 unspecified atom stereocenters. The zero-order valence-electron chi connectivity index (χ0n) is 10.7. The fourth-order valence-corrected chi connectivity index (χ4v) is 4.04. The quantitative estimate of drug-likeness (QED) is 0.759. The number of nitrogens with zero attached hydrogens (tertiary/aromatic N) is 2. The Morgan fingerprint density at radius 1 is 1.35 bits per heavy atom. The van der Waals surface area contributed by atoms with Crippen LogP contribution in [0.2, 0.25) is 0 Å². The molecule has 0 radical (unpaired) electrons. The van der Waals surface area contributed by atoms with Crippen LogP contribution in [0.25, 0.3) is 0 Å². The molecule has 17 heavy (non-hydrogen) atoms. The normalized spacial score (nSPS) is 21.0. The van der Waals surface area contributed by atoms with Crippen LogP contribution in [0, 0.1) is 17.2 Å². The van der Waals surface area contributed by atoms with Crippen LogP contribution in [0.1, 0.15) is 46.0 Å². The van der Waals surface area contributed by atoms with Gasteiger partial charge in [-0.2, -0.15) is 5.26 Å². The van der Waals surface area contributed by atoms with Crippen molar-refractivity contribution in [2.45, 2.75) is 51.2 Å². The SMILES string of the molecule is CCCC1CCN(S(=O)(=O)C(C#N)CC)CC1. The summed E-state index contributed by atoms with van der Waals surface area (Å²) in [6.07, 6.45) is 4.59. The highest BCUT2D eigenvalue weighted by Gasteiger charge is 2.33. The minimum atomic E-state index is -3.39. The van der Waals surface area contributed by atoms with Gasteiger partial charge in [-0.3, -0.25) is 0 Å². The summed E-state index contributed by atoms with van der Waals surface area (Å²) in [7, 11) is -3.39. The Labute approximate surface area is 105 Å². The largest absolute Gasteiger partial charge is 0.230 e. The van der Waals surface area contributed by atoms with Crippen molar-refractivity contribution < 1.29 is 8.42 Å². The molecule has 0 aromatic heterocycles. The van der Waals surface area contributed by atoms with Gasteiger partial charge in [0.25, 0.3) is 0 Å². The Bertz CT molecular complexity index is 364. The molecule has 1 aliphatic heterocycles. The van der Waals surface area contributed by atoms with E-state index >= 15 is 0 Å². The Morgan fingerprint density at radius 3 is 2.35 bits per heavy atom. The molecule has 1 atom stereocenters. The van der Waals surface area contributed by atoms with Crippen LogP contribution >= 0.6 is 0 Å². The van der Waals surface area contributed by atoms with E-state index in [9.17, 15) is 8.42 Å². The van der Waals surface area contributed by atoms with Gasteiger partial charge in [-0.15, -0.1) is 0 Å². The second-order valence-corrected chi connectivity index (χ2v) is 6.82. The summed E-state index contributed by atoms with van der Waals surface area (Å²) in [6.45, 7) is 5.08. The lowest BCUT2D eigenvalue weighted by Gasteiger charge is -2.32. The average Bonchev–Trinajstić information content (AvgIpc) is 2.31. The number of hydrogen-bond acceptors (Lipinski definition) is 3. The predicted molar refractivity (Wildman–Crippen MR) is 67.8 cm³/mol. The molecule has 0 amide bonds. The summed E-state index contributed by atoms with van der Waals surface area (Å²) in [6, 6.07) is 1.90. The van der Waals surface area contributed by atoms with Gasteiger partial charge >= 0.3 is 0 Å². The smallest absolute Gasteiger partial charge is 0.211 e. The monoisotopic (exact) mass is 258 g/mol. The zero-order valence-corrected chi connectivity index (χ0v) is 11.5. The molecule has 1 heterocycles. The lowest BCUT2D eigenvalue weighted by molar-refractivity contribution is 0.261. The van der Waals surface area contributed by atoms with E-state index in [4.69, 9.17) is 5.26 Å². The van der Waals surface area contributed by atoms with Gasteiger partial charge in [-0.05, 0) is 25.2 Å². The molecule has 0 bridgehead atoms. The van der Waals surface area contributed by atoms with E-state index in [1.165, 1.54) is 10.7 Å². The van der Waals surface area contributed by atoms with Crippen LogP contribution < -0.4 is 0 Å². The Morgan fingerprint density at radius 2 is 1.94 bits per heavy atom. The molecular weight excluding hydrogens is 236 g/mol. The highest BCUT2D eigenvalue weighted by atomic mass is 32.2. The van der Waals surface area contributed by atoms with E-state index in [1.807, 2.05) is 6.07 Å². The Hall–Kier alpha value is -0.600. The fraction of sp³-hybridized carbons (Fsp3) is 0.917. The van der Waals surface area contributed by atoms with E-state index in [1.54, 1.807) is 6.92 Å². The average molecular weight is 258 g/mol. The highest BCUT2D eigenvalue weighted by Crippen LogP contribution is 2.25. The topological polar surface area (TPSA) is 61.2 Å². The third kappa shape index (κ3) is 3.43. The van der Waals surface area contributed by atoms with Gasteiger partial charge in [0.15, 0.2) is 5.25 Å². The molecule has 0 spiro atoms. The Balaban J connectivity index is 2.62. The van der Waals surface area contributed by atoms with Gasteiger partial charge in [0.2, 0.25) is 10.0 Å². The molecule has 1 saturated heterocycles. The molecule has 0 aliphatic carbocycles. The summed E-state index contributed by atoms with van der Waals surface area (Å²) in [4.78, 5) is 0. The number of rotatable bonds is 5. The summed E-state index contributed by atoms with van der Waals surface area (Å²) in [5.74, 6) is 0.661. The number of piperidine rings is 1. The lowest BCUT2D eigenvalue weighted by atomic mass is 9.94. The fourth-order valence-electron chi connectivity index (χ4n) is 2.41. The van der Waals surface area contributed by atoms with Crippen LogP contribution in [0.15, 0.2) is 0 Å². The van der Waals surface area contributed by atoms with Crippen molar-refractivity contribution in [3.8, 4) is 6.07 Å². The molecule has 0 N–H and O–H groups in total. The molecule has 0 aromatic rings. The Kier molecular flexibility index (Phi) is 5.41. The van der Waals surface area contributed by atoms with Crippen molar-refractivity contribution in [2.24, 2.45) is 5.92 Å². The molecular formula is C12H22N2O2S. The summed E-state index contributed by atoms with van der Waals surface area (Å²) >= 11 is 0. The molecule has 1 fully saturated rings. The van der Waals surface area contributed by atoms with Crippen molar-refractivity contribution in [1.29, 1.82) is 5.26 Å². The highest BCUT2D eigenvalue weighted by molar-refractivity contribution is 7.90. The molecule has 1 rings (SSSR count). The summed E-state index contributed by atoms with van der Waals surface area (Å²) < 4.78 is 25.7. The van der Waals surface area contributed by atoms with Crippen LogP contribution in [0.4, 0.5) is 0 Å². The van der Waals surface area contributed by atoms with Crippen LogP contribution in [-0.4, -0.2) is 31.1 Å². The minimum absolute atomic E-state index is 0.369. The van der Waals surface area contributed by atoms with Crippen LogP contribution in [0.5, 0.6) is 0 Å². The standard InChI is InChI=1S/C12H22N2O2S/c1-3-5-11-6-8-14(9-7-11)17(15,16)12(4-2)10-13/h11-12H,3-9H2,1-2H3. The molecule has 5 heteroatoms. The van der Waals surface area contributed by atoms with E-state index < -0.39 is 15.3 Å². The second-order valence-electron chi connectivity index (χ2n) is 4.70. The summed E-state index contributed by atoms with van der Waals surface area (Å²) in [5, 5.41) is 8.00. The maximum Gasteiger partial charge on any atom is 0.230 e. The van der Waals surface area contributed by atoms with Gasteiger partial charge in [-0.25, -0.2) is 12.7 Å². The third-order valence-electron chi connectivity index (χ3n) is 3.50. The summed E-state index contributed by atoms with van der Waals surface area (Å²) in [5.41, 5.74) is 0. The van der Waals surface area contributed by atoms with Crippen molar-refractivity contribution >= 4 is 10.0 Å². The maximum absolute atomic E-state index is 12.1. The number of hydrogen-bond donors (Lipinski definition) is 0. The molecule has 0 aromatic carbocycles. The van der Waals surface area contributed by atoms with Crippen molar-refractivity contribution in [2.75, 3.05) is 13.1 Å². The zero-order chi connectivity index (χ0) is 12.9. The van der Waals surface area contributed by atoms with E-state index in [0.29, 0.717) is 25.4 Å². The first kappa shape index (κ1) is 14.5. The van der Waals surface area contributed by atoms with E-state index in [2.05, 4.69) is 6.92 Å². The second kappa shape index (κ2) is 6.36. The van der Waals surface area contributed by atoms with E-state index in [-0.39, 0.29) is 0 Å². The van der Waals surface area contributed by atoms with Gasteiger partial charge in [-0.1, -0.05) is 26.7 Å². The lowest BCUT2D eigenvalue weighted by Crippen LogP contribution is -2.42. The maximum atomic E-state index is 12.1. The van der Waals surface area contributed by atoms with Gasteiger partial charge < -0.3 is 0 Å². The van der Waals surface area contributed by atoms with Gasteiger partial charge in [0.1, 0.15) is 0 Å². The first-order valence-corrected chi connectivity index (χ1v) is 7.95. The predicted octanol–water partition coefficient (Wildman–Crippen LogP) is 2.13. The number of sulfonamides is 1. The van der Waals surface area contributed by atoms with Crippen molar-refractivity contribution in [1.82, 2.24) is 4.31 Å². The molecule has 1 aliphatic rings. The number of nitriles is 1. The van der Waals surface area contributed by atoms with Crippen LogP contribution in [-0.2, 0) is 10.0 Å². The van der Waals surface area contributed by atoms with Gasteiger partial charge in [0.05, 0.1) is 6.07 Å². The van der Waals surface area contributed by atoms with Crippen molar-refractivity contribution in [3.05, 3.63) is 0 Å². The van der Waals surface area contributed by atoms with Crippen LogP contribution in [0.3, 0.4) is 0 Å². The minimum Gasteiger partial charge on any atom is -0.211 e. The molecule has 4 nitrogen and oxygen atoms in total. The molecule has 98 valence electrons. The molecule has 0 saturated carbocycles. The van der Waals surface area contributed by atoms with Gasteiger partial charge in [0, 0.05) is 13.1 Å². The first-order valence-electron chi connectivity index (χ1n) is 6.44. The van der Waals surface area contributed by atoms with Crippen molar-refractivity contribution in [3.63, 3.8) is 0 Å². The van der Waals surface area contributed by atoms with E-state index in [0.717, 1.165) is 19.3 Å². The first-order chi connectivity index (χ1) is 8.06.